The lowest BCUT2D eigenvalue weighted by molar-refractivity contribution is -0.130. The van der Waals surface area contributed by atoms with E-state index >= 15 is 0 Å². The van der Waals surface area contributed by atoms with Gasteiger partial charge in [-0.15, -0.1) is 0 Å². The van der Waals surface area contributed by atoms with Gasteiger partial charge >= 0.3 is 0 Å². The first-order valence-corrected chi connectivity index (χ1v) is 12.5. The summed E-state index contributed by atoms with van der Waals surface area (Å²) in [7, 11) is -3.43. The molecule has 1 aromatic carbocycles. The van der Waals surface area contributed by atoms with Gasteiger partial charge in [-0.1, -0.05) is 12.1 Å². The molecule has 0 spiro atoms. The lowest BCUT2D eigenvalue weighted by Crippen LogP contribution is -2.41. The highest BCUT2D eigenvalue weighted by molar-refractivity contribution is 7.85. The minimum Gasteiger partial charge on any atom is -0.452 e. The van der Waals surface area contributed by atoms with E-state index in [4.69, 9.17) is 13.7 Å². The number of carbonyl (C=O) groups is 1. The number of hydrogen-bond acceptors (Lipinski definition) is 6. The predicted octanol–water partition coefficient (Wildman–Crippen LogP) is 2.97. The van der Waals surface area contributed by atoms with Crippen LogP contribution in [0.4, 0.5) is 0 Å². The van der Waals surface area contributed by atoms with E-state index in [-0.39, 0.29) is 31.3 Å². The fraction of sp³-hybridized carbons (Fsp3) is 0.591. The zero-order valence-electron chi connectivity index (χ0n) is 17.3. The van der Waals surface area contributed by atoms with Crippen molar-refractivity contribution in [3.05, 3.63) is 41.7 Å². The Morgan fingerprint density at radius 3 is 2.33 bits per heavy atom. The number of hydrogen-bond donors (Lipinski definition) is 0. The van der Waals surface area contributed by atoms with E-state index < -0.39 is 10.1 Å². The highest BCUT2D eigenvalue weighted by Crippen LogP contribution is 2.40. The highest BCUT2D eigenvalue weighted by Gasteiger charge is 2.34. The molecule has 0 aromatic heterocycles. The molecule has 2 fully saturated rings. The molecule has 2 saturated carbocycles. The van der Waals surface area contributed by atoms with Crippen LogP contribution in [0.25, 0.3) is 0 Å². The minimum absolute atomic E-state index is 0.0373. The van der Waals surface area contributed by atoms with E-state index in [2.05, 4.69) is 12.1 Å². The first-order valence-electron chi connectivity index (χ1n) is 10.6. The largest absolute Gasteiger partial charge is 0.452 e. The molecule has 0 unspecified atom stereocenters. The summed E-state index contributed by atoms with van der Waals surface area (Å²) in [5.74, 6) is 1.76. The molecule has 0 saturated heterocycles. The van der Waals surface area contributed by atoms with E-state index in [1.165, 1.54) is 18.4 Å². The molecule has 2 aliphatic carbocycles. The minimum atomic E-state index is -3.43. The lowest BCUT2D eigenvalue weighted by Gasteiger charge is -2.34. The van der Waals surface area contributed by atoms with Gasteiger partial charge in [-0.05, 0) is 68.2 Å². The average molecular weight is 436 g/mol. The van der Waals surface area contributed by atoms with Gasteiger partial charge in [0, 0.05) is 12.6 Å². The summed E-state index contributed by atoms with van der Waals surface area (Å²) < 4.78 is 38.2. The first-order chi connectivity index (χ1) is 14.4. The Hall–Kier alpha value is -1.90. The van der Waals surface area contributed by atoms with Crippen LogP contribution in [-0.2, 0) is 23.8 Å². The molecular formula is C22H29NO6S. The van der Waals surface area contributed by atoms with Crippen molar-refractivity contribution in [1.29, 1.82) is 0 Å². The van der Waals surface area contributed by atoms with Crippen molar-refractivity contribution in [2.75, 3.05) is 26.0 Å². The standard InChI is InChI=1S/C22H29NO6S/c1-30(25,26)28-15-14-27-19-10-6-18(7-11-19)23-13-12-21(22(23)24)29-20-8-4-17(5-9-20)16-2-3-16/h4-5,8-9,12,16,18-19H,2-3,6-7,10-11,13-15H2,1H3/t18-,19-. The van der Waals surface area contributed by atoms with E-state index in [0.29, 0.717) is 24.0 Å². The van der Waals surface area contributed by atoms with Gasteiger partial charge in [0.15, 0.2) is 5.76 Å². The number of carbonyl (C=O) groups excluding carboxylic acids is 1. The second-order valence-corrected chi connectivity index (χ2v) is 9.94. The van der Waals surface area contributed by atoms with Crippen molar-refractivity contribution in [3.63, 3.8) is 0 Å². The van der Waals surface area contributed by atoms with Crippen molar-refractivity contribution < 1.29 is 26.9 Å². The van der Waals surface area contributed by atoms with Gasteiger partial charge in [-0.3, -0.25) is 8.98 Å². The van der Waals surface area contributed by atoms with Crippen LogP contribution in [0.1, 0.15) is 50.0 Å². The second kappa shape index (κ2) is 9.08. The molecule has 8 heteroatoms. The maximum Gasteiger partial charge on any atom is 0.289 e. The SMILES string of the molecule is CS(=O)(=O)OCCO[C@H]1CC[C@H](N2CC=C(Oc3ccc(C4CC4)cc3)C2=O)CC1. The van der Waals surface area contributed by atoms with Crippen LogP contribution in [-0.4, -0.2) is 57.4 Å². The molecule has 1 aromatic rings. The predicted molar refractivity (Wildman–Crippen MR) is 112 cm³/mol. The summed E-state index contributed by atoms with van der Waals surface area (Å²) in [6, 6.07) is 8.25. The Morgan fingerprint density at radius 1 is 1.00 bits per heavy atom. The number of amides is 1. The second-order valence-electron chi connectivity index (χ2n) is 8.30. The average Bonchev–Trinajstić information content (AvgIpc) is 3.51. The monoisotopic (exact) mass is 435 g/mol. The highest BCUT2D eigenvalue weighted by atomic mass is 32.2. The summed E-state index contributed by atoms with van der Waals surface area (Å²) in [6.45, 7) is 0.868. The van der Waals surface area contributed by atoms with Gasteiger partial charge in [0.25, 0.3) is 16.0 Å². The van der Waals surface area contributed by atoms with Crippen molar-refractivity contribution >= 4 is 16.0 Å². The molecule has 4 rings (SSSR count). The molecule has 0 N–H and O–H groups in total. The summed E-state index contributed by atoms with van der Waals surface area (Å²) in [6.07, 6.45) is 8.90. The molecule has 30 heavy (non-hydrogen) atoms. The van der Waals surface area contributed by atoms with Crippen molar-refractivity contribution in [2.45, 2.75) is 56.6 Å². The third-order valence-electron chi connectivity index (χ3n) is 5.92. The van der Waals surface area contributed by atoms with Gasteiger partial charge < -0.3 is 14.4 Å². The number of nitrogens with zero attached hydrogens (tertiary/aromatic N) is 1. The Bertz CT molecular complexity index is 883. The topological polar surface area (TPSA) is 82.1 Å². The van der Waals surface area contributed by atoms with E-state index in [9.17, 15) is 13.2 Å². The Morgan fingerprint density at radius 2 is 1.70 bits per heavy atom. The summed E-state index contributed by atoms with van der Waals surface area (Å²) >= 11 is 0. The van der Waals surface area contributed by atoms with Gasteiger partial charge in [-0.2, -0.15) is 8.42 Å². The molecular weight excluding hydrogens is 406 g/mol. The smallest absolute Gasteiger partial charge is 0.289 e. The number of rotatable bonds is 9. The Labute approximate surface area is 178 Å². The third kappa shape index (κ3) is 5.62. The van der Waals surface area contributed by atoms with Gasteiger partial charge in [0.05, 0.1) is 25.6 Å². The van der Waals surface area contributed by atoms with Crippen LogP contribution in [0.3, 0.4) is 0 Å². The maximum absolute atomic E-state index is 12.8. The summed E-state index contributed by atoms with van der Waals surface area (Å²) in [5, 5.41) is 0. The molecule has 7 nitrogen and oxygen atoms in total. The first kappa shape index (κ1) is 21.3. The maximum atomic E-state index is 12.8. The molecule has 0 radical (unpaired) electrons. The molecule has 1 amide bonds. The van der Waals surface area contributed by atoms with Crippen LogP contribution in [0, 0.1) is 0 Å². The fourth-order valence-electron chi connectivity index (χ4n) is 4.17. The normalized spacial score (nSPS) is 24.8. The summed E-state index contributed by atoms with van der Waals surface area (Å²) in [5.41, 5.74) is 1.34. The molecule has 0 atom stereocenters. The van der Waals surface area contributed by atoms with Gasteiger partial charge in [-0.25, -0.2) is 0 Å². The van der Waals surface area contributed by atoms with Crippen LogP contribution >= 0.6 is 0 Å². The van der Waals surface area contributed by atoms with Crippen molar-refractivity contribution in [1.82, 2.24) is 4.90 Å². The van der Waals surface area contributed by atoms with Crippen LogP contribution in [0.5, 0.6) is 5.75 Å². The van der Waals surface area contributed by atoms with E-state index in [1.807, 2.05) is 23.1 Å². The van der Waals surface area contributed by atoms with Crippen LogP contribution < -0.4 is 4.74 Å². The summed E-state index contributed by atoms with van der Waals surface area (Å²) in [4.78, 5) is 14.7. The van der Waals surface area contributed by atoms with E-state index in [0.717, 1.165) is 31.9 Å². The molecule has 3 aliphatic rings. The number of benzene rings is 1. The van der Waals surface area contributed by atoms with Gasteiger partial charge in [0.1, 0.15) is 5.75 Å². The van der Waals surface area contributed by atoms with Crippen molar-refractivity contribution in [2.24, 2.45) is 0 Å². The fourth-order valence-corrected chi connectivity index (χ4v) is 4.54. The van der Waals surface area contributed by atoms with Crippen molar-refractivity contribution in [3.8, 4) is 5.75 Å². The molecule has 1 aliphatic heterocycles. The van der Waals surface area contributed by atoms with Crippen LogP contribution in [0.15, 0.2) is 36.1 Å². The number of ether oxygens (including phenoxy) is 2. The molecule has 1 heterocycles. The zero-order chi connectivity index (χ0) is 21.1. The Balaban J connectivity index is 1.20. The van der Waals surface area contributed by atoms with E-state index in [1.54, 1.807) is 0 Å². The molecule has 164 valence electrons. The zero-order valence-corrected chi connectivity index (χ0v) is 18.1. The Kier molecular flexibility index (Phi) is 6.46. The van der Waals surface area contributed by atoms with Gasteiger partial charge in [0.2, 0.25) is 0 Å². The lowest BCUT2D eigenvalue weighted by atomic mass is 9.92. The molecule has 0 bridgehead atoms. The third-order valence-corrected chi connectivity index (χ3v) is 6.52. The van der Waals surface area contributed by atoms with Crippen LogP contribution in [0.2, 0.25) is 0 Å². The quantitative estimate of drug-likeness (QED) is 0.438.